The lowest BCUT2D eigenvalue weighted by molar-refractivity contribution is -0.274. The van der Waals surface area contributed by atoms with E-state index in [4.69, 9.17) is 5.11 Å². The Labute approximate surface area is 134 Å². The molecule has 0 atom stereocenters. The van der Waals surface area contributed by atoms with Crippen LogP contribution in [0.5, 0.6) is 5.75 Å². The first-order valence-electron chi connectivity index (χ1n) is 6.29. The Kier molecular flexibility index (Phi) is 4.69. The Morgan fingerprint density at radius 2 is 1.71 bits per heavy atom. The van der Waals surface area contributed by atoms with Crippen molar-refractivity contribution in [3.05, 3.63) is 54.1 Å². The van der Waals surface area contributed by atoms with E-state index in [9.17, 15) is 26.4 Å². The molecule has 0 aliphatic heterocycles. The molecular formula is C14H10F3NO5S. The molecule has 0 bridgehead atoms. The van der Waals surface area contributed by atoms with Crippen LogP contribution < -0.4 is 9.46 Å². The first-order valence-corrected chi connectivity index (χ1v) is 7.77. The Hall–Kier alpha value is -2.75. The van der Waals surface area contributed by atoms with Crippen LogP contribution in [0.25, 0.3) is 0 Å². The Balaban J connectivity index is 2.24. The van der Waals surface area contributed by atoms with Crippen molar-refractivity contribution in [3.8, 4) is 5.75 Å². The monoisotopic (exact) mass is 361 g/mol. The summed E-state index contributed by atoms with van der Waals surface area (Å²) in [7, 11) is -4.17. The molecule has 6 nitrogen and oxygen atoms in total. The second kappa shape index (κ2) is 6.40. The molecule has 0 aliphatic rings. The van der Waals surface area contributed by atoms with Crippen molar-refractivity contribution in [1.29, 1.82) is 0 Å². The zero-order valence-corrected chi connectivity index (χ0v) is 12.6. The molecule has 2 aromatic rings. The highest BCUT2D eigenvalue weighted by molar-refractivity contribution is 7.92. The number of halogens is 3. The summed E-state index contributed by atoms with van der Waals surface area (Å²) in [6, 6.07) is 8.69. The van der Waals surface area contributed by atoms with Gasteiger partial charge in [-0.1, -0.05) is 6.07 Å². The van der Waals surface area contributed by atoms with Gasteiger partial charge in [-0.2, -0.15) is 0 Å². The predicted octanol–water partition coefficient (Wildman–Crippen LogP) is 3.08. The molecule has 2 rings (SSSR count). The molecule has 0 heterocycles. The SMILES string of the molecule is O=C(O)c1ccc(NS(=O)(=O)c2cccc(OC(F)(F)F)c2)cc1. The summed E-state index contributed by atoms with van der Waals surface area (Å²) in [6.45, 7) is 0. The number of aromatic carboxylic acids is 1. The molecule has 0 spiro atoms. The fourth-order valence-electron chi connectivity index (χ4n) is 1.73. The number of ether oxygens (including phenoxy) is 1. The summed E-state index contributed by atoms with van der Waals surface area (Å²) in [5.74, 6) is -1.85. The van der Waals surface area contributed by atoms with Gasteiger partial charge < -0.3 is 9.84 Å². The number of carboxylic acids is 1. The molecular weight excluding hydrogens is 351 g/mol. The third-order valence-electron chi connectivity index (χ3n) is 2.73. The minimum absolute atomic E-state index is 0.0430. The largest absolute Gasteiger partial charge is 0.573 e. The molecule has 0 saturated heterocycles. The zero-order valence-electron chi connectivity index (χ0n) is 11.7. The Morgan fingerprint density at radius 3 is 2.25 bits per heavy atom. The number of nitrogens with one attached hydrogen (secondary N) is 1. The lowest BCUT2D eigenvalue weighted by Crippen LogP contribution is -2.18. The standard InChI is InChI=1S/C14H10F3NO5S/c15-14(16,17)23-11-2-1-3-12(8-11)24(21,22)18-10-6-4-9(5-7-10)13(19)20/h1-8,18H,(H,19,20). The highest BCUT2D eigenvalue weighted by Gasteiger charge is 2.31. The molecule has 10 heteroatoms. The topological polar surface area (TPSA) is 92.7 Å². The van der Waals surface area contributed by atoms with E-state index in [1.54, 1.807) is 0 Å². The van der Waals surface area contributed by atoms with Crippen LogP contribution >= 0.6 is 0 Å². The fourth-order valence-corrected chi connectivity index (χ4v) is 2.83. The molecule has 0 aromatic heterocycles. The van der Waals surface area contributed by atoms with E-state index >= 15 is 0 Å². The molecule has 0 saturated carbocycles. The van der Waals surface area contributed by atoms with E-state index in [2.05, 4.69) is 9.46 Å². The quantitative estimate of drug-likeness (QED) is 0.854. The lowest BCUT2D eigenvalue weighted by atomic mass is 10.2. The van der Waals surface area contributed by atoms with E-state index in [1.165, 1.54) is 24.3 Å². The van der Waals surface area contributed by atoms with E-state index < -0.39 is 33.0 Å². The van der Waals surface area contributed by atoms with Gasteiger partial charge in [0.05, 0.1) is 10.5 Å². The molecule has 0 aliphatic carbocycles. The molecule has 2 N–H and O–H groups in total. The second-order valence-electron chi connectivity index (χ2n) is 4.51. The lowest BCUT2D eigenvalue weighted by Gasteiger charge is -2.11. The summed E-state index contributed by atoms with van der Waals surface area (Å²) < 4.78 is 66.7. The Bertz CT molecular complexity index is 847. The summed E-state index contributed by atoms with van der Waals surface area (Å²) >= 11 is 0. The average Bonchev–Trinajstić information content (AvgIpc) is 2.46. The van der Waals surface area contributed by atoms with Gasteiger partial charge in [-0.25, -0.2) is 13.2 Å². The number of rotatable bonds is 5. The minimum Gasteiger partial charge on any atom is -0.478 e. The number of carboxylic acid groups (broad SMARTS) is 1. The first kappa shape index (κ1) is 17.6. The molecule has 2 aromatic carbocycles. The van der Waals surface area contributed by atoms with Crippen LogP contribution in [0.3, 0.4) is 0 Å². The van der Waals surface area contributed by atoms with E-state index in [1.807, 2.05) is 0 Å². The van der Waals surface area contributed by atoms with Crippen LogP contribution in [0, 0.1) is 0 Å². The number of anilines is 1. The van der Waals surface area contributed by atoms with Gasteiger partial charge in [0.25, 0.3) is 10.0 Å². The number of sulfonamides is 1. The highest BCUT2D eigenvalue weighted by atomic mass is 32.2. The average molecular weight is 361 g/mol. The third-order valence-corrected chi connectivity index (χ3v) is 4.11. The van der Waals surface area contributed by atoms with Crippen LogP contribution in [0.2, 0.25) is 0 Å². The number of alkyl halides is 3. The molecule has 24 heavy (non-hydrogen) atoms. The highest BCUT2D eigenvalue weighted by Crippen LogP contribution is 2.26. The molecule has 0 fully saturated rings. The van der Waals surface area contributed by atoms with Crippen molar-refractivity contribution < 1.29 is 36.2 Å². The molecule has 0 radical (unpaired) electrons. The summed E-state index contributed by atoms with van der Waals surface area (Å²) in [6.07, 6.45) is -4.94. The smallest absolute Gasteiger partial charge is 0.478 e. The number of hydrogen-bond acceptors (Lipinski definition) is 4. The van der Waals surface area contributed by atoms with Gasteiger partial charge in [0.15, 0.2) is 0 Å². The fraction of sp³-hybridized carbons (Fsp3) is 0.0714. The van der Waals surface area contributed by atoms with E-state index in [0.717, 1.165) is 24.3 Å². The minimum atomic E-state index is -4.94. The van der Waals surface area contributed by atoms with Crippen molar-refractivity contribution in [2.24, 2.45) is 0 Å². The van der Waals surface area contributed by atoms with Crippen molar-refractivity contribution in [2.45, 2.75) is 11.3 Å². The van der Waals surface area contributed by atoms with Crippen LogP contribution in [0.15, 0.2) is 53.4 Å². The summed E-state index contributed by atoms with van der Waals surface area (Å²) in [5, 5.41) is 8.77. The van der Waals surface area contributed by atoms with Crippen LogP contribution in [0.4, 0.5) is 18.9 Å². The van der Waals surface area contributed by atoms with Crippen LogP contribution in [0.1, 0.15) is 10.4 Å². The van der Waals surface area contributed by atoms with Crippen LogP contribution in [-0.2, 0) is 10.0 Å². The summed E-state index contributed by atoms with van der Waals surface area (Å²) in [4.78, 5) is 10.3. The van der Waals surface area contributed by atoms with Crippen LogP contribution in [-0.4, -0.2) is 25.9 Å². The van der Waals surface area contributed by atoms with Crippen molar-refractivity contribution in [1.82, 2.24) is 0 Å². The number of hydrogen-bond donors (Lipinski definition) is 2. The number of benzene rings is 2. The van der Waals surface area contributed by atoms with Gasteiger partial charge in [-0.3, -0.25) is 4.72 Å². The van der Waals surface area contributed by atoms with Gasteiger partial charge >= 0.3 is 12.3 Å². The molecule has 0 unspecified atom stereocenters. The van der Waals surface area contributed by atoms with Gasteiger partial charge in [-0.15, -0.1) is 13.2 Å². The maximum absolute atomic E-state index is 12.2. The first-order chi connectivity index (χ1) is 11.1. The molecule has 0 amide bonds. The second-order valence-corrected chi connectivity index (χ2v) is 6.19. The van der Waals surface area contributed by atoms with Crippen molar-refractivity contribution >= 4 is 21.7 Å². The van der Waals surface area contributed by atoms with Gasteiger partial charge in [0.2, 0.25) is 0 Å². The summed E-state index contributed by atoms with van der Waals surface area (Å²) in [5.41, 5.74) is 0.0145. The van der Waals surface area contributed by atoms with Gasteiger partial charge in [-0.05, 0) is 36.4 Å². The predicted molar refractivity (Wildman–Crippen MR) is 77.3 cm³/mol. The zero-order chi connectivity index (χ0) is 18.0. The van der Waals surface area contributed by atoms with E-state index in [0.29, 0.717) is 0 Å². The van der Waals surface area contributed by atoms with E-state index in [-0.39, 0.29) is 11.3 Å². The van der Waals surface area contributed by atoms with Crippen molar-refractivity contribution in [2.75, 3.05) is 4.72 Å². The van der Waals surface area contributed by atoms with Gasteiger partial charge in [0, 0.05) is 11.8 Å². The molecule has 128 valence electrons. The maximum Gasteiger partial charge on any atom is 0.573 e. The Morgan fingerprint density at radius 1 is 1.08 bits per heavy atom. The van der Waals surface area contributed by atoms with Gasteiger partial charge in [0.1, 0.15) is 5.75 Å². The number of carbonyl (C=O) groups is 1. The maximum atomic E-state index is 12.2. The van der Waals surface area contributed by atoms with Crippen molar-refractivity contribution in [3.63, 3.8) is 0 Å². The third kappa shape index (κ3) is 4.62. The normalized spacial score (nSPS) is 11.8.